The van der Waals surface area contributed by atoms with Crippen LogP contribution in [0.2, 0.25) is 0 Å². The van der Waals surface area contributed by atoms with E-state index < -0.39 is 0 Å². The van der Waals surface area contributed by atoms with Crippen molar-refractivity contribution in [3.05, 3.63) is 64.8 Å². The van der Waals surface area contributed by atoms with E-state index >= 15 is 0 Å². The minimum Gasteiger partial charge on any atom is -0.337 e. The number of carbonyl (C=O) groups excluding carboxylic acids is 1. The second-order valence-electron chi connectivity index (χ2n) is 6.59. The molecule has 0 aliphatic rings. The fourth-order valence-corrected chi connectivity index (χ4v) is 3.67. The zero-order valence-electron chi connectivity index (χ0n) is 15.1. The van der Waals surface area contributed by atoms with E-state index in [2.05, 4.69) is 37.3 Å². The largest absolute Gasteiger partial charge is 0.337 e. The molecule has 5 heteroatoms. The number of aromatic nitrogens is 2. The number of rotatable bonds is 5. The molecular formula is C20H23N3OS. The molecule has 0 radical (unpaired) electrons. The van der Waals surface area contributed by atoms with E-state index in [0.717, 1.165) is 11.1 Å². The third kappa shape index (κ3) is 3.82. The van der Waals surface area contributed by atoms with Gasteiger partial charge in [0.15, 0.2) is 0 Å². The fourth-order valence-electron chi connectivity index (χ4n) is 2.74. The molecule has 3 aromatic rings. The van der Waals surface area contributed by atoms with Crippen molar-refractivity contribution in [1.29, 1.82) is 0 Å². The number of nitrogens with zero attached hydrogens (tertiary/aromatic N) is 3. The van der Waals surface area contributed by atoms with Crippen LogP contribution in [0.25, 0.3) is 10.4 Å². The number of amides is 1. The number of aryl methyl sites for hydroxylation is 1. The molecule has 0 unspecified atom stereocenters. The second-order valence-corrected chi connectivity index (χ2v) is 7.51. The van der Waals surface area contributed by atoms with Crippen LogP contribution in [0.4, 0.5) is 0 Å². The van der Waals surface area contributed by atoms with Gasteiger partial charge in [0.25, 0.3) is 5.91 Å². The van der Waals surface area contributed by atoms with Gasteiger partial charge in [0.05, 0.1) is 6.20 Å². The van der Waals surface area contributed by atoms with E-state index in [1.807, 2.05) is 48.4 Å². The van der Waals surface area contributed by atoms with Crippen molar-refractivity contribution in [2.24, 2.45) is 0 Å². The molecule has 3 rings (SSSR count). The van der Waals surface area contributed by atoms with Crippen LogP contribution in [-0.2, 0) is 6.54 Å². The highest BCUT2D eigenvalue weighted by atomic mass is 32.1. The van der Waals surface area contributed by atoms with Crippen LogP contribution in [0.15, 0.2) is 48.1 Å². The number of thiophene rings is 1. The predicted octanol–water partition coefficient (Wildman–Crippen LogP) is 4.77. The summed E-state index contributed by atoms with van der Waals surface area (Å²) < 4.78 is 1.91. The van der Waals surface area contributed by atoms with Crippen LogP contribution in [0.3, 0.4) is 0 Å². The Morgan fingerprint density at radius 2 is 1.96 bits per heavy atom. The Balaban J connectivity index is 1.70. The smallest absolute Gasteiger partial charge is 0.253 e. The van der Waals surface area contributed by atoms with E-state index in [4.69, 9.17) is 0 Å². The molecule has 0 atom stereocenters. The molecule has 0 N–H and O–H groups in total. The lowest BCUT2D eigenvalue weighted by Gasteiger charge is -2.16. The van der Waals surface area contributed by atoms with E-state index in [1.165, 1.54) is 10.4 Å². The maximum absolute atomic E-state index is 12.7. The first-order valence-corrected chi connectivity index (χ1v) is 9.26. The Morgan fingerprint density at radius 3 is 2.52 bits per heavy atom. The van der Waals surface area contributed by atoms with Gasteiger partial charge in [-0.1, -0.05) is 12.1 Å². The van der Waals surface area contributed by atoms with E-state index in [0.29, 0.717) is 18.2 Å². The number of benzene rings is 1. The molecule has 0 aliphatic heterocycles. The van der Waals surface area contributed by atoms with Gasteiger partial charge in [0, 0.05) is 41.8 Å². The van der Waals surface area contributed by atoms with Gasteiger partial charge < -0.3 is 4.90 Å². The fraction of sp³-hybridized carbons (Fsp3) is 0.300. The molecule has 130 valence electrons. The predicted molar refractivity (Wildman–Crippen MR) is 103 cm³/mol. The molecule has 1 aromatic carbocycles. The van der Waals surface area contributed by atoms with E-state index in [-0.39, 0.29) is 5.91 Å². The lowest BCUT2D eigenvalue weighted by molar-refractivity contribution is 0.0785. The Morgan fingerprint density at radius 1 is 1.24 bits per heavy atom. The summed E-state index contributed by atoms with van der Waals surface area (Å²) in [6.07, 6.45) is 3.82. The zero-order chi connectivity index (χ0) is 18.0. The summed E-state index contributed by atoms with van der Waals surface area (Å²) in [5.74, 6) is 0.0201. The minimum atomic E-state index is 0.0201. The van der Waals surface area contributed by atoms with Gasteiger partial charge in [-0.2, -0.15) is 5.10 Å². The van der Waals surface area contributed by atoms with Crippen molar-refractivity contribution in [3.8, 4) is 10.4 Å². The summed E-state index contributed by atoms with van der Waals surface area (Å²) in [5.41, 5.74) is 4.17. The molecule has 0 fully saturated rings. The Bertz CT molecular complexity index is 861. The van der Waals surface area contributed by atoms with Gasteiger partial charge in [0.2, 0.25) is 0 Å². The van der Waals surface area contributed by atoms with Crippen molar-refractivity contribution >= 4 is 17.2 Å². The van der Waals surface area contributed by atoms with Gasteiger partial charge in [-0.05, 0) is 55.5 Å². The van der Waals surface area contributed by atoms with E-state index in [9.17, 15) is 4.79 Å². The average Bonchev–Trinajstić information content (AvgIpc) is 3.23. The second kappa shape index (κ2) is 7.23. The molecule has 1 amide bonds. The highest BCUT2D eigenvalue weighted by Gasteiger charge is 2.14. The van der Waals surface area contributed by atoms with Crippen LogP contribution in [0.5, 0.6) is 0 Å². The maximum Gasteiger partial charge on any atom is 0.253 e. The molecular weight excluding hydrogens is 330 g/mol. The summed E-state index contributed by atoms with van der Waals surface area (Å²) in [4.78, 5) is 15.6. The summed E-state index contributed by atoms with van der Waals surface area (Å²) in [6, 6.07) is 10.3. The first kappa shape index (κ1) is 17.4. The van der Waals surface area contributed by atoms with Gasteiger partial charge in [-0.25, -0.2) is 0 Å². The Hall–Kier alpha value is -2.40. The van der Waals surface area contributed by atoms with Gasteiger partial charge in [0.1, 0.15) is 0 Å². The average molecular weight is 353 g/mol. The van der Waals surface area contributed by atoms with Crippen LogP contribution < -0.4 is 0 Å². The van der Waals surface area contributed by atoms with Crippen molar-refractivity contribution in [2.75, 3.05) is 7.05 Å². The molecule has 0 bridgehead atoms. The van der Waals surface area contributed by atoms with Gasteiger partial charge >= 0.3 is 0 Å². The lowest BCUT2D eigenvalue weighted by Crippen LogP contribution is -2.26. The van der Waals surface area contributed by atoms with Crippen molar-refractivity contribution in [3.63, 3.8) is 0 Å². The molecule has 2 heterocycles. The molecule has 0 aliphatic carbocycles. The Kier molecular flexibility index (Phi) is 5.04. The molecule has 0 saturated carbocycles. The first-order valence-electron chi connectivity index (χ1n) is 8.38. The summed E-state index contributed by atoms with van der Waals surface area (Å²) in [7, 11) is 1.83. The molecule has 25 heavy (non-hydrogen) atoms. The quantitative estimate of drug-likeness (QED) is 0.662. The topological polar surface area (TPSA) is 38.1 Å². The van der Waals surface area contributed by atoms with Crippen molar-refractivity contribution in [2.45, 2.75) is 33.4 Å². The normalized spacial score (nSPS) is 11.1. The third-order valence-corrected chi connectivity index (χ3v) is 5.27. The highest BCUT2D eigenvalue weighted by Crippen LogP contribution is 2.29. The van der Waals surface area contributed by atoms with Crippen molar-refractivity contribution < 1.29 is 4.79 Å². The first-order chi connectivity index (χ1) is 12.0. The highest BCUT2D eigenvalue weighted by molar-refractivity contribution is 7.13. The van der Waals surface area contributed by atoms with Crippen LogP contribution in [-0.4, -0.2) is 27.6 Å². The lowest BCUT2D eigenvalue weighted by atomic mass is 10.1. The molecule has 4 nitrogen and oxygen atoms in total. The summed E-state index contributed by atoms with van der Waals surface area (Å²) in [5, 5.41) is 6.42. The van der Waals surface area contributed by atoms with Gasteiger partial charge in [-0.15, -0.1) is 11.3 Å². The monoisotopic (exact) mass is 353 g/mol. The minimum absolute atomic E-state index is 0.0201. The number of carbonyl (C=O) groups is 1. The summed E-state index contributed by atoms with van der Waals surface area (Å²) >= 11 is 1.72. The standard InChI is InChI=1S/C20H23N3OS/c1-14(2)23-13-16(11-21-23)12-22(4)20(24)18-7-5-17(6-8-18)19-15(3)9-10-25-19/h5-11,13-14H,12H2,1-4H3. The zero-order valence-corrected chi connectivity index (χ0v) is 15.9. The SMILES string of the molecule is Cc1ccsc1-c1ccc(C(=O)N(C)Cc2cnn(C(C)C)c2)cc1. The molecule has 2 aromatic heterocycles. The Labute approximate surface area is 152 Å². The maximum atomic E-state index is 12.7. The summed E-state index contributed by atoms with van der Waals surface area (Å²) in [6.45, 7) is 6.83. The molecule has 0 saturated heterocycles. The van der Waals surface area contributed by atoms with Gasteiger partial charge in [-0.3, -0.25) is 9.48 Å². The van der Waals surface area contributed by atoms with E-state index in [1.54, 1.807) is 16.2 Å². The third-order valence-electron chi connectivity index (χ3n) is 4.21. The van der Waals surface area contributed by atoms with Crippen LogP contribution >= 0.6 is 11.3 Å². The number of hydrogen-bond acceptors (Lipinski definition) is 3. The molecule has 0 spiro atoms. The number of hydrogen-bond donors (Lipinski definition) is 0. The van der Waals surface area contributed by atoms with Crippen LogP contribution in [0.1, 0.15) is 41.4 Å². The van der Waals surface area contributed by atoms with Crippen LogP contribution in [0, 0.1) is 6.92 Å². The van der Waals surface area contributed by atoms with Crippen molar-refractivity contribution in [1.82, 2.24) is 14.7 Å².